The molecule has 0 bridgehead atoms. The van der Waals surface area contributed by atoms with Crippen LogP contribution in [0.15, 0.2) is 0 Å². The molecule has 16 heavy (non-hydrogen) atoms. The number of nitrogens with one attached hydrogen (secondary N) is 1. The van der Waals surface area contributed by atoms with E-state index >= 15 is 0 Å². The van der Waals surface area contributed by atoms with Gasteiger partial charge in [-0.1, -0.05) is 13.8 Å². The summed E-state index contributed by atoms with van der Waals surface area (Å²) >= 11 is 2.09. The van der Waals surface area contributed by atoms with Gasteiger partial charge in [0.1, 0.15) is 0 Å². The zero-order chi connectivity index (χ0) is 11.2. The van der Waals surface area contributed by atoms with Gasteiger partial charge in [0, 0.05) is 35.8 Å². The van der Waals surface area contributed by atoms with Crippen LogP contribution in [0.5, 0.6) is 0 Å². The molecule has 0 aromatic carbocycles. The molecule has 4 atom stereocenters. The molecule has 0 amide bonds. The zero-order valence-corrected chi connectivity index (χ0v) is 11.2. The van der Waals surface area contributed by atoms with E-state index in [2.05, 4.69) is 30.9 Å². The predicted molar refractivity (Wildman–Crippen MR) is 68.9 cm³/mol. The molecule has 4 unspecified atom stereocenters. The minimum Gasteiger partial charge on any atom is -0.377 e. The molecule has 1 N–H and O–H groups in total. The maximum atomic E-state index is 5.94. The van der Waals surface area contributed by atoms with Gasteiger partial charge in [-0.3, -0.25) is 0 Å². The van der Waals surface area contributed by atoms with Crippen LogP contribution in [-0.4, -0.2) is 36.3 Å². The van der Waals surface area contributed by atoms with Crippen LogP contribution in [0.4, 0.5) is 0 Å². The van der Waals surface area contributed by atoms with Crippen LogP contribution in [0, 0.1) is 11.3 Å². The van der Waals surface area contributed by atoms with Gasteiger partial charge >= 0.3 is 0 Å². The van der Waals surface area contributed by atoms with E-state index < -0.39 is 0 Å². The Hall–Kier alpha value is 0.270. The first kappa shape index (κ1) is 11.4. The summed E-state index contributed by atoms with van der Waals surface area (Å²) in [5, 5.41) is 3.90. The highest BCUT2D eigenvalue weighted by molar-refractivity contribution is 7.99. The van der Waals surface area contributed by atoms with Gasteiger partial charge in [0.05, 0.1) is 6.10 Å². The topological polar surface area (TPSA) is 21.3 Å². The van der Waals surface area contributed by atoms with Crippen molar-refractivity contribution in [1.29, 1.82) is 0 Å². The average molecular weight is 241 g/mol. The monoisotopic (exact) mass is 241 g/mol. The van der Waals surface area contributed by atoms with Gasteiger partial charge in [-0.25, -0.2) is 0 Å². The molecule has 2 nitrogen and oxygen atoms in total. The highest BCUT2D eigenvalue weighted by Gasteiger charge is 2.58. The van der Waals surface area contributed by atoms with Gasteiger partial charge in [0.15, 0.2) is 0 Å². The van der Waals surface area contributed by atoms with E-state index in [9.17, 15) is 0 Å². The summed E-state index contributed by atoms with van der Waals surface area (Å²) < 4.78 is 5.94. The lowest BCUT2D eigenvalue weighted by Crippen LogP contribution is -2.70. The van der Waals surface area contributed by atoms with Crippen molar-refractivity contribution in [2.24, 2.45) is 11.3 Å². The Labute approximate surface area is 103 Å². The molecule has 0 aromatic heterocycles. The molecule has 1 saturated carbocycles. The summed E-state index contributed by atoms with van der Waals surface area (Å²) in [6.45, 7) is 5.73. The Bertz CT molecular complexity index is 263. The second-order valence-corrected chi connectivity index (χ2v) is 7.27. The second-order valence-electron chi connectivity index (χ2n) is 6.12. The smallest absolute Gasteiger partial charge is 0.0684 e. The lowest BCUT2D eigenvalue weighted by atomic mass is 9.55. The fourth-order valence-electron chi connectivity index (χ4n) is 3.78. The maximum Gasteiger partial charge on any atom is 0.0684 e. The highest BCUT2D eigenvalue weighted by Crippen LogP contribution is 2.51. The van der Waals surface area contributed by atoms with Crippen molar-refractivity contribution in [3.8, 4) is 0 Å². The third-order valence-corrected chi connectivity index (χ3v) is 5.84. The molecule has 92 valence electrons. The molecule has 3 fully saturated rings. The summed E-state index contributed by atoms with van der Waals surface area (Å²) in [4.78, 5) is 0. The van der Waals surface area contributed by atoms with Crippen molar-refractivity contribution >= 4 is 11.8 Å². The van der Waals surface area contributed by atoms with Gasteiger partial charge in [-0.05, 0) is 25.0 Å². The minimum atomic E-state index is 0.346. The molecule has 3 aliphatic rings. The first-order valence-corrected chi connectivity index (χ1v) is 7.80. The second kappa shape index (κ2) is 4.18. The third kappa shape index (κ3) is 1.72. The van der Waals surface area contributed by atoms with E-state index in [0.29, 0.717) is 17.6 Å². The number of thioether (sulfide) groups is 1. The Balaban J connectivity index is 1.64. The molecule has 2 aliphatic heterocycles. The van der Waals surface area contributed by atoms with Gasteiger partial charge in [0.2, 0.25) is 0 Å². The first-order chi connectivity index (χ1) is 7.69. The number of hydrogen-bond donors (Lipinski definition) is 1. The highest BCUT2D eigenvalue weighted by atomic mass is 32.2. The molecule has 1 aliphatic carbocycles. The van der Waals surface area contributed by atoms with Crippen molar-refractivity contribution in [1.82, 2.24) is 5.32 Å². The predicted octanol–water partition coefficient (Wildman–Crippen LogP) is 2.29. The Morgan fingerprint density at radius 1 is 1.31 bits per heavy atom. The third-order valence-electron chi connectivity index (χ3n) is 4.68. The van der Waals surface area contributed by atoms with E-state index in [-0.39, 0.29) is 0 Å². The minimum absolute atomic E-state index is 0.346. The van der Waals surface area contributed by atoms with Crippen LogP contribution < -0.4 is 5.32 Å². The summed E-state index contributed by atoms with van der Waals surface area (Å²) in [6, 6.07) is 1.46. The Morgan fingerprint density at radius 3 is 2.94 bits per heavy atom. The molecule has 2 saturated heterocycles. The largest absolute Gasteiger partial charge is 0.377 e. The van der Waals surface area contributed by atoms with E-state index in [1.54, 1.807) is 0 Å². The Morgan fingerprint density at radius 2 is 2.19 bits per heavy atom. The Kier molecular flexibility index (Phi) is 2.97. The van der Waals surface area contributed by atoms with Crippen LogP contribution in [0.1, 0.15) is 33.1 Å². The molecular weight excluding hydrogens is 218 g/mol. The van der Waals surface area contributed by atoms with E-state index in [1.165, 1.54) is 30.8 Å². The molecular formula is C13H23NOS. The number of hydrogen-bond acceptors (Lipinski definition) is 3. The summed E-state index contributed by atoms with van der Waals surface area (Å²) in [7, 11) is 0. The number of fused-ring (bicyclic) bond motifs is 1. The lowest BCUT2D eigenvalue weighted by molar-refractivity contribution is -0.194. The lowest BCUT2D eigenvalue weighted by Gasteiger charge is -2.60. The molecule has 0 spiro atoms. The number of ether oxygens (including phenoxy) is 1. The standard InChI is InChI=1S/C13H23NOS/c1-13(2)11(14-9-5-7-16-8-9)10-4-3-6-15-12(10)13/h9-12,14H,3-8H2,1-2H3. The van der Waals surface area contributed by atoms with Gasteiger partial charge in [0.25, 0.3) is 0 Å². The van der Waals surface area contributed by atoms with Crippen molar-refractivity contribution in [3.05, 3.63) is 0 Å². The molecule has 3 rings (SSSR count). The van der Waals surface area contributed by atoms with Gasteiger partial charge in [-0.15, -0.1) is 0 Å². The summed E-state index contributed by atoms with van der Waals surface area (Å²) in [6.07, 6.45) is 4.50. The normalized spacial score (nSPS) is 46.1. The SMILES string of the molecule is CC1(C)C(NC2CCSC2)C2CCCOC21. The summed E-state index contributed by atoms with van der Waals surface area (Å²) in [5.74, 6) is 3.44. The molecule has 3 heteroatoms. The van der Waals surface area contributed by atoms with Crippen molar-refractivity contribution < 1.29 is 4.74 Å². The van der Waals surface area contributed by atoms with Crippen LogP contribution >= 0.6 is 11.8 Å². The molecule has 2 heterocycles. The zero-order valence-electron chi connectivity index (χ0n) is 10.4. The fraction of sp³-hybridized carbons (Fsp3) is 1.00. The van der Waals surface area contributed by atoms with E-state index in [0.717, 1.165) is 18.6 Å². The van der Waals surface area contributed by atoms with Gasteiger partial charge in [-0.2, -0.15) is 11.8 Å². The van der Waals surface area contributed by atoms with E-state index in [1.807, 2.05) is 0 Å². The van der Waals surface area contributed by atoms with Crippen LogP contribution in [0.3, 0.4) is 0 Å². The fourth-order valence-corrected chi connectivity index (χ4v) is 4.95. The first-order valence-electron chi connectivity index (χ1n) is 6.65. The van der Waals surface area contributed by atoms with Crippen molar-refractivity contribution in [2.45, 2.75) is 51.3 Å². The number of rotatable bonds is 2. The van der Waals surface area contributed by atoms with Crippen LogP contribution in [0.25, 0.3) is 0 Å². The van der Waals surface area contributed by atoms with Crippen molar-refractivity contribution in [3.63, 3.8) is 0 Å². The quantitative estimate of drug-likeness (QED) is 0.801. The molecule has 0 radical (unpaired) electrons. The van der Waals surface area contributed by atoms with Crippen LogP contribution in [-0.2, 0) is 4.74 Å². The van der Waals surface area contributed by atoms with Crippen molar-refractivity contribution in [2.75, 3.05) is 18.1 Å². The molecule has 0 aromatic rings. The van der Waals surface area contributed by atoms with Crippen LogP contribution in [0.2, 0.25) is 0 Å². The summed E-state index contributed by atoms with van der Waals surface area (Å²) in [5.41, 5.74) is 0.346. The van der Waals surface area contributed by atoms with Gasteiger partial charge < -0.3 is 10.1 Å². The van der Waals surface area contributed by atoms with E-state index in [4.69, 9.17) is 4.74 Å². The average Bonchev–Trinajstić information content (AvgIpc) is 2.79. The maximum absolute atomic E-state index is 5.94.